The molecule has 3 aromatic rings. The van der Waals surface area contributed by atoms with Crippen molar-refractivity contribution in [3.63, 3.8) is 0 Å². The molecule has 2 aromatic carbocycles. The first-order valence-electron chi connectivity index (χ1n) is 11.1. The van der Waals surface area contributed by atoms with Crippen LogP contribution < -0.4 is 10.6 Å². The molecular formula is C27H31N3O. The predicted molar refractivity (Wildman–Crippen MR) is 127 cm³/mol. The summed E-state index contributed by atoms with van der Waals surface area (Å²) in [6, 6.07) is 22.5. The maximum absolute atomic E-state index is 13.5. The molecule has 0 radical (unpaired) electrons. The van der Waals surface area contributed by atoms with Crippen molar-refractivity contribution in [2.24, 2.45) is 17.6 Å². The summed E-state index contributed by atoms with van der Waals surface area (Å²) in [5.41, 5.74) is 10.8. The number of benzene rings is 2. The van der Waals surface area contributed by atoms with E-state index in [2.05, 4.69) is 43.1 Å². The lowest BCUT2D eigenvalue weighted by Gasteiger charge is -2.27. The number of carbonyl (C=O) groups excluding carboxylic acids is 1. The first-order chi connectivity index (χ1) is 15.0. The van der Waals surface area contributed by atoms with E-state index in [0.717, 1.165) is 29.7 Å². The van der Waals surface area contributed by atoms with Crippen molar-refractivity contribution in [3.8, 4) is 11.1 Å². The summed E-state index contributed by atoms with van der Waals surface area (Å²) in [4.78, 5) is 19.5. The summed E-state index contributed by atoms with van der Waals surface area (Å²) in [5, 5.41) is 0. The fourth-order valence-corrected chi connectivity index (χ4v) is 4.35. The molecule has 1 aliphatic rings. The molecule has 0 unspecified atom stereocenters. The minimum absolute atomic E-state index is 0.0357. The summed E-state index contributed by atoms with van der Waals surface area (Å²) in [7, 11) is 0. The van der Waals surface area contributed by atoms with Gasteiger partial charge in [-0.2, -0.15) is 0 Å². The lowest BCUT2D eigenvalue weighted by atomic mass is 10.0. The number of pyridine rings is 1. The fourth-order valence-electron chi connectivity index (χ4n) is 4.35. The van der Waals surface area contributed by atoms with Gasteiger partial charge in [-0.25, -0.2) is 0 Å². The first-order valence-corrected chi connectivity index (χ1v) is 11.1. The minimum Gasteiger partial charge on any atom is -0.326 e. The van der Waals surface area contributed by atoms with Crippen LogP contribution in [0.5, 0.6) is 0 Å². The molecule has 1 saturated carbocycles. The van der Waals surface area contributed by atoms with Crippen LogP contribution in [0.2, 0.25) is 0 Å². The average Bonchev–Trinajstić information content (AvgIpc) is 3.59. The van der Waals surface area contributed by atoms with Gasteiger partial charge >= 0.3 is 0 Å². The SMILES string of the molecule is CC(C)C[C@H](N)CN(C(=O)[C@@H]1C[C@H]1c1ccccc1)c1ccc(-c2ccncc2)cc1. The van der Waals surface area contributed by atoms with Gasteiger partial charge in [0, 0.05) is 36.6 Å². The zero-order chi connectivity index (χ0) is 21.8. The Balaban J connectivity index is 1.55. The van der Waals surface area contributed by atoms with E-state index >= 15 is 0 Å². The van der Waals surface area contributed by atoms with Crippen LogP contribution in [0, 0.1) is 11.8 Å². The molecule has 1 aliphatic carbocycles. The van der Waals surface area contributed by atoms with Crippen molar-refractivity contribution >= 4 is 11.6 Å². The van der Waals surface area contributed by atoms with Crippen LogP contribution in [0.4, 0.5) is 5.69 Å². The quantitative estimate of drug-likeness (QED) is 0.548. The van der Waals surface area contributed by atoms with E-state index in [1.54, 1.807) is 12.4 Å². The van der Waals surface area contributed by atoms with E-state index in [9.17, 15) is 4.79 Å². The topological polar surface area (TPSA) is 59.2 Å². The van der Waals surface area contributed by atoms with E-state index in [1.165, 1.54) is 5.56 Å². The lowest BCUT2D eigenvalue weighted by molar-refractivity contribution is -0.120. The van der Waals surface area contributed by atoms with Gasteiger partial charge in [-0.3, -0.25) is 9.78 Å². The van der Waals surface area contributed by atoms with Crippen molar-refractivity contribution in [1.29, 1.82) is 0 Å². The molecule has 0 aliphatic heterocycles. The molecule has 3 atom stereocenters. The molecule has 31 heavy (non-hydrogen) atoms. The Hall–Kier alpha value is -2.98. The lowest BCUT2D eigenvalue weighted by Crippen LogP contribution is -2.42. The monoisotopic (exact) mass is 413 g/mol. The normalized spacial score (nSPS) is 18.6. The van der Waals surface area contributed by atoms with E-state index in [0.29, 0.717) is 18.4 Å². The zero-order valence-corrected chi connectivity index (χ0v) is 18.3. The molecule has 0 spiro atoms. The van der Waals surface area contributed by atoms with Gasteiger partial charge in [0.1, 0.15) is 0 Å². The predicted octanol–water partition coefficient (Wildman–Crippen LogP) is 5.26. The standard InChI is InChI=1S/C27H31N3O/c1-19(2)16-23(28)18-30(27(31)26-17-25(26)22-6-4-3-5-7-22)24-10-8-20(9-11-24)21-12-14-29-15-13-21/h3-15,19,23,25-26H,16-18,28H2,1-2H3/t23-,25-,26+/m0/s1. The summed E-state index contributed by atoms with van der Waals surface area (Å²) >= 11 is 0. The Kier molecular flexibility index (Phi) is 6.47. The van der Waals surface area contributed by atoms with Gasteiger partial charge in [-0.05, 0) is 65.6 Å². The molecule has 1 aromatic heterocycles. The van der Waals surface area contributed by atoms with Crippen LogP contribution in [0.25, 0.3) is 11.1 Å². The third-order valence-electron chi connectivity index (χ3n) is 5.99. The Bertz CT molecular complexity index is 986. The van der Waals surface area contributed by atoms with Crippen molar-refractivity contribution < 1.29 is 4.79 Å². The number of hydrogen-bond donors (Lipinski definition) is 1. The highest BCUT2D eigenvalue weighted by Gasteiger charge is 2.46. The van der Waals surface area contributed by atoms with Crippen LogP contribution in [0.3, 0.4) is 0 Å². The van der Waals surface area contributed by atoms with Crippen LogP contribution >= 0.6 is 0 Å². The Morgan fingerprint density at radius 1 is 1.00 bits per heavy atom. The summed E-state index contributed by atoms with van der Waals surface area (Å²) in [6.45, 7) is 4.88. The Labute approximate surface area is 185 Å². The van der Waals surface area contributed by atoms with Crippen LogP contribution in [0.15, 0.2) is 79.1 Å². The summed E-state index contributed by atoms with van der Waals surface area (Å²) in [6.07, 6.45) is 5.39. The Morgan fingerprint density at radius 2 is 1.65 bits per heavy atom. The van der Waals surface area contributed by atoms with E-state index in [4.69, 9.17) is 5.73 Å². The molecule has 0 bridgehead atoms. The highest BCUT2D eigenvalue weighted by molar-refractivity contribution is 5.97. The van der Waals surface area contributed by atoms with Gasteiger partial charge in [0.2, 0.25) is 5.91 Å². The highest BCUT2D eigenvalue weighted by atomic mass is 16.2. The maximum Gasteiger partial charge on any atom is 0.230 e. The molecule has 4 nitrogen and oxygen atoms in total. The second-order valence-corrected chi connectivity index (χ2v) is 8.98. The van der Waals surface area contributed by atoms with Gasteiger partial charge in [0.25, 0.3) is 0 Å². The second-order valence-electron chi connectivity index (χ2n) is 8.98. The number of anilines is 1. The van der Waals surface area contributed by atoms with Gasteiger partial charge in [0.15, 0.2) is 0 Å². The number of amides is 1. The number of rotatable bonds is 8. The summed E-state index contributed by atoms with van der Waals surface area (Å²) in [5.74, 6) is 1.03. The molecule has 1 amide bonds. The number of nitrogens with two attached hydrogens (primary N) is 1. The summed E-state index contributed by atoms with van der Waals surface area (Å²) < 4.78 is 0. The molecule has 160 valence electrons. The van der Waals surface area contributed by atoms with E-state index < -0.39 is 0 Å². The molecule has 4 rings (SSSR count). The first kappa shape index (κ1) is 21.3. The number of carbonyl (C=O) groups is 1. The van der Waals surface area contributed by atoms with Crippen molar-refractivity contribution in [2.45, 2.75) is 38.6 Å². The zero-order valence-electron chi connectivity index (χ0n) is 18.3. The Morgan fingerprint density at radius 3 is 2.29 bits per heavy atom. The smallest absolute Gasteiger partial charge is 0.230 e. The molecule has 0 saturated heterocycles. The number of aromatic nitrogens is 1. The van der Waals surface area contributed by atoms with Crippen LogP contribution in [-0.2, 0) is 4.79 Å². The minimum atomic E-state index is -0.0438. The van der Waals surface area contributed by atoms with Gasteiger partial charge in [-0.15, -0.1) is 0 Å². The number of hydrogen-bond acceptors (Lipinski definition) is 3. The average molecular weight is 414 g/mol. The van der Waals surface area contributed by atoms with E-state index in [-0.39, 0.29) is 17.9 Å². The van der Waals surface area contributed by atoms with Crippen molar-refractivity contribution in [2.75, 3.05) is 11.4 Å². The van der Waals surface area contributed by atoms with Crippen LogP contribution in [-0.4, -0.2) is 23.5 Å². The van der Waals surface area contributed by atoms with Gasteiger partial charge in [-0.1, -0.05) is 56.3 Å². The molecule has 2 N–H and O–H groups in total. The molecule has 1 heterocycles. The fraction of sp³-hybridized carbons (Fsp3) is 0.333. The van der Waals surface area contributed by atoms with Gasteiger partial charge in [0.05, 0.1) is 0 Å². The molecule has 1 fully saturated rings. The molecular weight excluding hydrogens is 382 g/mol. The number of nitrogens with zero attached hydrogens (tertiary/aromatic N) is 2. The van der Waals surface area contributed by atoms with E-state index in [1.807, 2.05) is 47.4 Å². The van der Waals surface area contributed by atoms with Crippen molar-refractivity contribution in [1.82, 2.24) is 4.98 Å². The third-order valence-corrected chi connectivity index (χ3v) is 5.99. The highest BCUT2D eigenvalue weighted by Crippen LogP contribution is 2.48. The molecule has 4 heteroatoms. The van der Waals surface area contributed by atoms with Gasteiger partial charge < -0.3 is 10.6 Å². The maximum atomic E-state index is 13.5. The second kappa shape index (κ2) is 9.44. The van der Waals surface area contributed by atoms with Crippen molar-refractivity contribution in [3.05, 3.63) is 84.7 Å². The van der Waals surface area contributed by atoms with Crippen LogP contribution in [0.1, 0.15) is 38.2 Å². The largest absolute Gasteiger partial charge is 0.326 e. The third kappa shape index (κ3) is 5.20.